The molecule has 0 spiro atoms. The van der Waals surface area contributed by atoms with Crippen molar-refractivity contribution in [2.45, 2.75) is 26.1 Å². The molecular weight excluding hydrogens is 135 g/mol. The predicted octanol–water partition coefficient (Wildman–Crippen LogP) is 0.948. The molecule has 1 aliphatic rings. The van der Waals surface area contributed by atoms with Crippen LogP contribution in [0.5, 0.6) is 0 Å². The van der Waals surface area contributed by atoms with Crippen molar-refractivity contribution in [2.75, 3.05) is 6.61 Å². The predicted molar refractivity (Wildman–Crippen MR) is 34.5 cm³/mol. The summed E-state index contributed by atoms with van der Waals surface area (Å²) in [5, 5.41) is 0. The first-order valence-electron chi connectivity index (χ1n) is 3.29. The number of rotatable bonds is 1. The maximum absolute atomic E-state index is 13.0. The van der Waals surface area contributed by atoms with Crippen LogP contribution in [0.4, 0.5) is 4.39 Å². The lowest BCUT2D eigenvalue weighted by Crippen LogP contribution is -2.28. The zero-order valence-corrected chi connectivity index (χ0v) is 6.13. The van der Waals surface area contributed by atoms with E-state index in [0.29, 0.717) is 12.9 Å². The molecule has 0 N–H and O–H groups in total. The summed E-state index contributed by atoms with van der Waals surface area (Å²) in [6.07, 6.45) is -1.46. The van der Waals surface area contributed by atoms with Crippen LogP contribution >= 0.6 is 0 Å². The molecule has 3 heteroatoms. The Balaban J connectivity index is 2.66. The van der Waals surface area contributed by atoms with E-state index in [0.717, 1.165) is 0 Å². The zero-order valence-electron chi connectivity index (χ0n) is 6.13. The second kappa shape index (κ2) is 2.31. The number of halogens is 1. The Hall–Kier alpha value is -0.440. The van der Waals surface area contributed by atoms with Gasteiger partial charge >= 0.3 is 0 Å². The fraction of sp³-hybridized carbons (Fsp3) is 0.857. The zero-order chi connectivity index (χ0) is 7.78. The summed E-state index contributed by atoms with van der Waals surface area (Å²) in [6, 6.07) is 0. The minimum Gasteiger partial charge on any atom is -0.367 e. The largest absolute Gasteiger partial charge is 0.367 e. The molecule has 0 aromatic carbocycles. The number of hydrogen-bond acceptors (Lipinski definition) is 2. The van der Waals surface area contributed by atoms with E-state index >= 15 is 0 Å². The van der Waals surface area contributed by atoms with Crippen LogP contribution in [0, 0.1) is 5.41 Å². The monoisotopic (exact) mass is 146 g/mol. The molecule has 2 nitrogen and oxygen atoms in total. The van der Waals surface area contributed by atoms with E-state index in [1.165, 1.54) is 0 Å². The van der Waals surface area contributed by atoms with Crippen molar-refractivity contribution >= 4 is 6.29 Å². The Kier molecular flexibility index (Phi) is 1.77. The number of aldehydes is 1. The van der Waals surface area contributed by atoms with Gasteiger partial charge in [-0.15, -0.1) is 0 Å². The molecule has 1 saturated heterocycles. The molecule has 1 aliphatic heterocycles. The highest BCUT2D eigenvalue weighted by Crippen LogP contribution is 2.33. The van der Waals surface area contributed by atoms with E-state index in [1.54, 1.807) is 13.8 Å². The quantitative estimate of drug-likeness (QED) is 0.515. The first-order valence-corrected chi connectivity index (χ1v) is 3.29. The Morgan fingerprint density at radius 2 is 2.30 bits per heavy atom. The van der Waals surface area contributed by atoms with E-state index in [1.807, 2.05) is 0 Å². The van der Waals surface area contributed by atoms with Gasteiger partial charge in [-0.25, -0.2) is 4.39 Å². The van der Waals surface area contributed by atoms with Gasteiger partial charge in [0.05, 0.1) is 6.61 Å². The Bertz CT molecular complexity index is 145. The summed E-state index contributed by atoms with van der Waals surface area (Å²) in [4.78, 5) is 10.1. The van der Waals surface area contributed by atoms with Crippen LogP contribution in [-0.2, 0) is 9.53 Å². The van der Waals surface area contributed by atoms with Crippen molar-refractivity contribution in [3.05, 3.63) is 0 Å². The molecular formula is C7H11FO2. The number of carbonyl (C=O) groups excluding carboxylic acids is 1. The van der Waals surface area contributed by atoms with Gasteiger partial charge in [0, 0.05) is 5.41 Å². The molecule has 0 aromatic heterocycles. The van der Waals surface area contributed by atoms with Crippen molar-refractivity contribution in [1.82, 2.24) is 0 Å². The number of ether oxygens (including phenoxy) is 1. The van der Waals surface area contributed by atoms with Gasteiger partial charge in [-0.3, -0.25) is 0 Å². The van der Waals surface area contributed by atoms with E-state index in [2.05, 4.69) is 0 Å². The minimum absolute atomic E-state index is 0.331. The van der Waals surface area contributed by atoms with E-state index in [-0.39, 0.29) is 0 Å². The first kappa shape index (κ1) is 7.66. The van der Waals surface area contributed by atoms with Crippen molar-refractivity contribution in [1.29, 1.82) is 0 Å². The van der Waals surface area contributed by atoms with E-state index in [4.69, 9.17) is 4.74 Å². The lowest BCUT2D eigenvalue weighted by Gasteiger charge is -2.17. The summed E-state index contributed by atoms with van der Waals surface area (Å²) in [5.41, 5.74) is -0.494. The molecule has 1 fully saturated rings. The normalized spacial score (nSPS) is 37.9. The standard InChI is InChI=1S/C7H11FO2/c1-7(2)4-10-5(3-9)6(7)8/h3,5-6H,4H2,1-2H3. The molecule has 0 bridgehead atoms. The molecule has 0 amide bonds. The van der Waals surface area contributed by atoms with Gasteiger partial charge in [-0.05, 0) is 0 Å². The van der Waals surface area contributed by atoms with Crippen LogP contribution in [0.3, 0.4) is 0 Å². The van der Waals surface area contributed by atoms with Gasteiger partial charge in [-0.1, -0.05) is 13.8 Å². The summed E-state index contributed by atoms with van der Waals surface area (Å²) < 4.78 is 17.9. The van der Waals surface area contributed by atoms with Crippen LogP contribution < -0.4 is 0 Å². The van der Waals surface area contributed by atoms with Gasteiger partial charge in [0.25, 0.3) is 0 Å². The SMILES string of the molecule is CC1(C)COC(C=O)C1F. The Morgan fingerprint density at radius 1 is 1.70 bits per heavy atom. The summed E-state index contributed by atoms with van der Waals surface area (Å²) in [6.45, 7) is 3.83. The van der Waals surface area contributed by atoms with Crippen LogP contribution in [0.1, 0.15) is 13.8 Å². The van der Waals surface area contributed by atoms with E-state index in [9.17, 15) is 9.18 Å². The number of carbonyl (C=O) groups is 1. The number of alkyl halides is 1. The second-order valence-electron chi connectivity index (χ2n) is 3.30. The van der Waals surface area contributed by atoms with Crippen molar-refractivity contribution in [3.8, 4) is 0 Å². The second-order valence-corrected chi connectivity index (χ2v) is 3.30. The lowest BCUT2D eigenvalue weighted by atomic mass is 9.89. The molecule has 0 saturated carbocycles. The molecule has 0 aromatic rings. The molecule has 58 valence electrons. The molecule has 10 heavy (non-hydrogen) atoms. The van der Waals surface area contributed by atoms with Gasteiger partial charge in [-0.2, -0.15) is 0 Å². The lowest BCUT2D eigenvalue weighted by molar-refractivity contribution is -0.117. The van der Waals surface area contributed by atoms with Crippen LogP contribution in [0.2, 0.25) is 0 Å². The molecule has 0 aliphatic carbocycles. The van der Waals surface area contributed by atoms with Crippen molar-refractivity contribution in [3.63, 3.8) is 0 Å². The fourth-order valence-corrected chi connectivity index (χ4v) is 1.03. The summed E-state index contributed by atoms with van der Waals surface area (Å²) >= 11 is 0. The molecule has 1 rings (SSSR count). The molecule has 0 radical (unpaired) electrons. The Labute approximate surface area is 59.4 Å². The fourth-order valence-electron chi connectivity index (χ4n) is 1.03. The molecule has 1 heterocycles. The smallest absolute Gasteiger partial charge is 0.151 e. The van der Waals surface area contributed by atoms with Crippen molar-refractivity contribution < 1.29 is 13.9 Å². The van der Waals surface area contributed by atoms with Crippen LogP contribution in [-0.4, -0.2) is 25.2 Å². The molecule has 2 unspecified atom stereocenters. The summed E-state index contributed by atoms with van der Waals surface area (Å²) in [5.74, 6) is 0. The first-order chi connectivity index (χ1) is 4.58. The van der Waals surface area contributed by atoms with E-state index < -0.39 is 17.7 Å². The van der Waals surface area contributed by atoms with Crippen molar-refractivity contribution in [2.24, 2.45) is 5.41 Å². The van der Waals surface area contributed by atoms with Gasteiger partial charge in [0.1, 0.15) is 12.3 Å². The average molecular weight is 146 g/mol. The van der Waals surface area contributed by atoms with Gasteiger partial charge < -0.3 is 9.53 Å². The van der Waals surface area contributed by atoms with Crippen LogP contribution in [0.25, 0.3) is 0 Å². The third-order valence-electron chi connectivity index (χ3n) is 1.82. The molecule has 2 atom stereocenters. The Morgan fingerprint density at radius 3 is 2.50 bits per heavy atom. The third-order valence-corrected chi connectivity index (χ3v) is 1.82. The third kappa shape index (κ3) is 1.06. The highest BCUT2D eigenvalue weighted by atomic mass is 19.1. The average Bonchev–Trinajstić information content (AvgIpc) is 2.10. The summed E-state index contributed by atoms with van der Waals surface area (Å²) in [7, 11) is 0. The van der Waals surface area contributed by atoms with Crippen LogP contribution in [0.15, 0.2) is 0 Å². The minimum atomic E-state index is -1.15. The maximum Gasteiger partial charge on any atom is 0.151 e. The van der Waals surface area contributed by atoms with Gasteiger partial charge in [0.15, 0.2) is 6.29 Å². The number of hydrogen-bond donors (Lipinski definition) is 0. The highest BCUT2D eigenvalue weighted by molar-refractivity contribution is 5.58. The van der Waals surface area contributed by atoms with Gasteiger partial charge in [0.2, 0.25) is 0 Å². The topological polar surface area (TPSA) is 26.3 Å². The maximum atomic E-state index is 13.0. The highest BCUT2D eigenvalue weighted by Gasteiger charge is 2.43.